The molecule has 1 aromatic rings. The second kappa shape index (κ2) is 5.88. The smallest absolute Gasteiger partial charge is 0.251 e. The molecule has 2 atom stereocenters. The summed E-state index contributed by atoms with van der Waals surface area (Å²) in [6.07, 6.45) is 3.69. The van der Waals surface area contributed by atoms with Crippen LogP contribution in [0.1, 0.15) is 19.3 Å². The fraction of sp³-hybridized carbons (Fsp3) is 0.538. The molecule has 4 N–H and O–H groups in total. The Labute approximate surface area is 111 Å². The number of hydrogen-bond acceptors (Lipinski definition) is 4. The summed E-state index contributed by atoms with van der Waals surface area (Å²) in [5.41, 5.74) is 5.77. The minimum Gasteiger partial charge on any atom is -0.398 e. The van der Waals surface area contributed by atoms with Crippen LogP contribution < -0.4 is 16.6 Å². The van der Waals surface area contributed by atoms with Gasteiger partial charge in [-0.15, -0.1) is 0 Å². The molecule has 1 heterocycles. The lowest BCUT2D eigenvalue weighted by molar-refractivity contribution is -0.121. The average molecular weight is 265 g/mol. The van der Waals surface area contributed by atoms with Crippen molar-refractivity contribution in [3.8, 4) is 0 Å². The van der Waals surface area contributed by atoms with Crippen LogP contribution in [0.5, 0.6) is 0 Å². The summed E-state index contributed by atoms with van der Waals surface area (Å²) >= 11 is 0. The van der Waals surface area contributed by atoms with Crippen LogP contribution in [0.2, 0.25) is 0 Å². The highest BCUT2D eigenvalue weighted by molar-refractivity contribution is 5.75. The van der Waals surface area contributed by atoms with Gasteiger partial charge in [-0.05, 0) is 31.2 Å². The summed E-state index contributed by atoms with van der Waals surface area (Å²) < 4.78 is 1.29. The summed E-state index contributed by atoms with van der Waals surface area (Å²) in [6.45, 7) is 0.520. The monoisotopic (exact) mass is 265 g/mol. The molecule has 0 aromatic carbocycles. The lowest BCUT2D eigenvalue weighted by atomic mass is 10.1. The van der Waals surface area contributed by atoms with Crippen molar-refractivity contribution < 1.29 is 9.90 Å². The summed E-state index contributed by atoms with van der Waals surface area (Å²) in [4.78, 5) is 23.2. The number of pyridine rings is 1. The van der Waals surface area contributed by atoms with E-state index in [9.17, 15) is 14.7 Å². The fourth-order valence-corrected chi connectivity index (χ4v) is 2.38. The van der Waals surface area contributed by atoms with Gasteiger partial charge in [0.1, 0.15) is 6.54 Å². The van der Waals surface area contributed by atoms with E-state index in [-0.39, 0.29) is 24.1 Å². The lowest BCUT2D eigenvalue weighted by Crippen LogP contribution is -2.34. The third-order valence-corrected chi connectivity index (χ3v) is 3.42. The second-order valence-electron chi connectivity index (χ2n) is 5.07. The molecular weight excluding hydrogens is 246 g/mol. The summed E-state index contributed by atoms with van der Waals surface area (Å²) in [5, 5.41) is 12.2. The fourth-order valence-electron chi connectivity index (χ4n) is 2.38. The van der Waals surface area contributed by atoms with E-state index in [4.69, 9.17) is 5.73 Å². The SMILES string of the molecule is Nc1ccc(=O)n(CC(=O)NCC2CCC(O)C2)c1. The van der Waals surface area contributed by atoms with E-state index in [0.717, 1.165) is 19.3 Å². The Kier molecular flexibility index (Phi) is 4.21. The van der Waals surface area contributed by atoms with Crippen LogP contribution in [-0.4, -0.2) is 28.2 Å². The van der Waals surface area contributed by atoms with Crippen LogP contribution in [-0.2, 0) is 11.3 Å². The van der Waals surface area contributed by atoms with Gasteiger partial charge in [0.25, 0.3) is 5.56 Å². The number of aliphatic hydroxyl groups excluding tert-OH is 1. The first-order valence-corrected chi connectivity index (χ1v) is 6.45. The highest BCUT2D eigenvalue weighted by atomic mass is 16.3. The maximum Gasteiger partial charge on any atom is 0.251 e. The van der Waals surface area contributed by atoms with Gasteiger partial charge in [0.2, 0.25) is 5.91 Å². The van der Waals surface area contributed by atoms with Gasteiger partial charge in [-0.25, -0.2) is 0 Å². The van der Waals surface area contributed by atoms with Gasteiger partial charge in [-0.3, -0.25) is 9.59 Å². The van der Waals surface area contributed by atoms with Crippen molar-refractivity contribution in [1.29, 1.82) is 0 Å². The highest BCUT2D eigenvalue weighted by Crippen LogP contribution is 2.24. The molecule has 104 valence electrons. The number of hydrogen-bond donors (Lipinski definition) is 3. The van der Waals surface area contributed by atoms with Crippen LogP contribution in [0.25, 0.3) is 0 Å². The molecule has 0 saturated heterocycles. The van der Waals surface area contributed by atoms with E-state index in [0.29, 0.717) is 18.2 Å². The minimum absolute atomic E-state index is 0.0286. The number of nitrogen functional groups attached to an aromatic ring is 1. The topological polar surface area (TPSA) is 97.4 Å². The number of aromatic nitrogens is 1. The van der Waals surface area contributed by atoms with Crippen molar-refractivity contribution in [1.82, 2.24) is 9.88 Å². The molecule has 1 aliphatic rings. The standard InChI is InChI=1S/C13H19N3O3/c14-10-2-4-13(19)16(7-10)8-12(18)15-6-9-1-3-11(17)5-9/h2,4,7,9,11,17H,1,3,5-6,8,14H2,(H,15,18). The van der Waals surface area contributed by atoms with Crippen LogP contribution in [0.3, 0.4) is 0 Å². The Bertz CT molecular complexity index is 512. The molecule has 0 radical (unpaired) electrons. The number of amides is 1. The zero-order valence-electron chi connectivity index (χ0n) is 10.7. The second-order valence-corrected chi connectivity index (χ2v) is 5.07. The Morgan fingerprint density at radius 2 is 2.26 bits per heavy atom. The van der Waals surface area contributed by atoms with Gasteiger partial charge in [0.15, 0.2) is 0 Å². The maximum absolute atomic E-state index is 11.7. The van der Waals surface area contributed by atoms with Crippen LogP contribution in [0.4, 0.5) is 5.69 Å². The number of nitrogens with zero attached hydrogens (tertiary/aromatic N) is 1. The summed E-state index contributed by atoms with van der Waals surface area (Å²) in [6, 6.07) is 2.85. The van der Waals surface area contributed by atoms with Gasteiger partial charge in [0.05, 0.1) is 6.10 Å². The molecule has 0 spiro atoms. The van der Waals surface area contributed by atoms with Crippen molar-refractivity contribution in [3.05, 3.63) is 28.7 Å². The van der Waals surface area contributed by atoms with E-state index >= 15 is 0 Å². The lowest BCUT2D eigenvalue weighted by Gasteiger charge is -2.11. The van der Waals surface area contributed by atoms with Crippen LogP contribution in [0.15, 0.2) is 23.1 Å². The molecule has 1 saturated carbocycles. The van der Waals surface area contributed by atoms with Gasteiger partial charge >= 0.3 is 0 Å². The first-order chi connectivity index (χ1) is 9.04. The molecule has 6 nitrogen and oxygen atoms in total. The Morgan fingerprint density at radius 1 is 1.47 bits per heavy atom. The van der Waals surface area contributed by atoms with Crippen molar-refractivity contribution in [3.63, 3.8) is 0 Å². The first-order valence-electron chi connectivity index (χ1n) is 6.45. The van der Waals surface area contributed by atoms with E-state index in [1.165, 1.54) is 22.9 Å². The van der Waals surface area contributed by atoms with Crippen molar-refractivity contribution >= 4 is 11.6 Å². The van der Waals surface area contributed by atoms with Crippen molar-refractivity contribution in [2.24, 2.45) is 5.92 Å². The quantitative estimate of drug-likeness (QED) is 0.696. The van der Waals surface area contributed by atoms with E-state index < -0.39 is 0 Å². The van der Waals surface area contributed by atoms with Gasteiger partial charge < -0.3 is 20.7 Å². The number of nitrogens with one attached hydrogen (secondary N) is 1. The molecule has 1 fully saturated rings. The number of nitrogens with two attached hydrogens (primary N) is 1. The van der Waals surface area contributed by atoms with Gasteiger partial charge in [-0.1, -0.05) is 0 Å². The number of rotatable bonds is 4. The first kappa shape index (κ1) is 13.6. The normalized spacial score (nSPS) is 22.4. The zero-order chi connectivity index (χ0) is 13.8. The van der Waals surface area contributed by atoms with Crippen molar-refractivity contribution in [2.75, 3.05) is 12.3 Å². The maximum atomic E-state index is 11.7. The number of carbonyl (C=O) groups is 1. The largest absolute Gasteiger partial charge is 0.398 e. The van der Waals surface area contributed by atoms with E-state index in [1.54, 1.807) is 0 Å². The molecule has 1 aliphatic carbocycles. The molecule has 0 bridgehead atoms. The summed E-state index contributed by atoms with van der Waals surface area (Å²) in [5.74, 6) is 0.116. The zero-order valence-corrected chi connectivity index (χ0v) is 10.7. The third-order valence-electron chi connectivity index (χ3n) is 3.42. The van der Waals surface area contributed by atoms with Crippen LogP contribution >= 0.6 is 0 Å². The molecule has 2 rings (SSSR count). The minimum atomic E-state index is -0.249. The molecule has 0 aliphatic heterocycles. The third kappa shape index (κ3) is 3.82. The van der Waals surface area contributed by atoms with Crippen molar-refractivity contribution in [2.45, 2.75) is 31.9 Å². The van der Waals surface area contributed by atoms with Gasteiger partial charge in [-0.2, -0.15) is 0 Å². The summed E-state index contributed by atoms with van der Waals surface area (Å²) in [7, 11) is 0. The predicted molar refractivity (Wildman–Crippen MR) is 71.5 cm³/mol. The number of aliphatic hydroxyl groups is 1. The molecular formula is C13H19N3O3. The van der Waals surface area contributed by atoms with Crippen LogP contribution in [0, 0.1) is 5.92 Å². The molecule has 19 heavy (non-hydrogen) atoms. The van der Waals surface area contributed by atoms with E-state index in [1.807, 2.05) is 0 Å². The molecule has 1 amide bonds. The predicted octanol–water partition coefficient (Wildman–Crippen LogP) is -0.292. The average Bonchev–Trinajstić information content (AvgIpc) is 2.77. The molecule has 6 heteroatoms. The Balaban J connectivity index is 1.84. The van der Waals surface area contributed by atoms with Gasteiger partial charge in [0, 0.05) is 24.5 Å². The molecule has 1 aromatic heterocycles. The Hall–Kier alpha value is -1.82. The van der Waals surface area contributed by atoms with E-state index in [2.05, 4.69) is 5.32 Å². The highest BCUT2D eigenvalue weighted by Gasteiger charge is 2.22. The number of carbonyl (C=O) groups excluding carboxylic acids is 1. The number of anilines is 1. The molecule has 2 unspecified atom stereocenters. The Morgan fingerprint density at radius 3 is 2.95 bits per heavy atom.